The molecule has 0 aliphatic carbocycles. The third-order valence-corrected chi connectivity index (χ3v) is 4.50. The van der Waals surface area contributed by atoms with Crippen LogP contribution in [0.3, 0.4) is 0 Å². The number of thiazole rings is 1. The minimum atomic E-state index is 0.0153. The number of methoxy groups -OCH3 is 1. The Balaban J connectivity index is 1.74. The summed E-state index contributed by atoms with van der Waals surface area (Å²) in [4.78, 5) is 25.6. The van der Waals surface area contributed by atoms with Crippen molar-refractivity contribution >= 4 is 33.9 Å². The molecule has 3 rings (SSSR count). The lowest BCUT2D eigenvalue weighted by molar-refractivity contribution is 0.101. The lowest BCUT2D eigenvalue weighted by Crippen LogP contribution is -2.06. The molecule has 0 unspecified atom stereocenters. The maximum atomic E-state index is 11.5. The standard InChI is InChI=1S/C18H19N5O2S/c1-12(24)13-4-3-5-14(10-13)22-17-19-7-6-15(23-17)16-11-21-18(26-16)20-8-9-25-2/h3-7,10-11H,8-9H2,1-2H3,(H,20,21)(H,19,22,23). The summed E-state index contributed by atoms with van der Waals surface area (Å²) in [5, 5.41) is 7.15. The summed E-state index contributed by atoms with van der Waals surface area (Å²) in [6, 6.07) is 9.09. The number of carbonyl (C=O) groups is 1. The number of Topliss-reactive ketones (excluding diaryl/α,β-unsaturated/α-hetero) is 1. The number of nitrogens with one attached hydrogen (secondary N) is 2. The van der Waals surface area contributed by atoms with Gasteiger partial charge in [0, 0.05) is 37.3 Å². The fraction of sp³-hybridized carbons (Fsp3) is 0.222. The molecule has 0 amide bonds. The van der Waals surface area contributed by atoms with Crippen LogP contribution in [0.15, 0.2) is 42.7 Å². The lowest BCUT2D eigenvalue weighted by atomic mass is 10.1. The SMILES string of the molecule is COCCNc1ncc(-c2ccnc(Nc3cccc(C(C)=O)c3)n2)s1. The fourth-order valence-corrected chi connectivity index (χ4v) is 3.05. The molecule has 0 spiro atoms. The highest BCUT2D eigenvalue weighted by molar-refractivity contribution is 7.18. The number of hydrogen-bond donors (Lipinski definition) is 2. The molecule has 8 heteroatoms. The van der Waals surface area contributed by atoms with Crippen molar-refractivity contribution in [1.82, 2.24) is 15.0 Å². The normalized spacial score (nSPS) is 10.5. The van der Waals surface area contributed by atoms with Crippen molar-refractivity contribution in [2.45, 2.75) is 6.92 Å². The predicted octanol–water partition coefficient (Wildman–Crippen LogP) is 3.60. The van der Waals surface area contributed by atoms with Gasteiger partial charge in [0.05, 0.1) is 17.2 Å². The number of carbonyl (C=O) groups excluding carboxylic acids is 1. The summed E-state index contributed by atoms with van der Waals surface area (Å²) in [5.74, 6) is 0.479. The van der Waals surface area contributed by atoms with Crippen LogP contribution in [0.1, 0.15) is 17.3 Å². The molecule has 1 aromatic carbocycles. The largest absolute Gasteiger partial charge is 0.383 e. The van der Waals surface area contributed by atoms with E-state index in [0.29, 0.717) is 24.7 Å². The predicted molar refractivity (Wildman–Crippen MR) is 103 cm³/mol. The zero-order valence-corrected chi connectivity index (χ0v) is 15.3. The minimum Gasteiger partial charge on any atom is -0.383 e. The van der Waals surface area contributed by atoms with E-state index in [9.17, 15) is 4.79 Å². The van der Waals surface area contributed by atoms with E-state index in [1.165, 1.54) is 18.3 Å². The molecule has 134 valence electrons. The molecule has 7 nitrogen and oxygen atoms in total. The third kappa shape index (κ3) is 4.62. The topological polar surface area (TPSA) is 89.0 Å². The molecule has 2 heterocycles. The molecule has 0 saturated heterocycles. The van der Waals surface area contributed by atoms with E-state index in [1.54, 1.807) is 31.6 Å². The highest BCUT2D eigenvalue weighted by atomic mass is 32.1. The van der Waals surface area contributed by atoms with Crippen LogP contribution in [-0.2, 0) is 4.74 Å². The van der Waals surface area contributed by atoms with Gasteiger partial charge < -0.3 is 15.4 Å². The molecule has 2 N–H and O–H groups in total. The second kappa shape index (κ2) is 8.50. The van der Waals surface area contributed by atoms with E-state index >= 15 is 0 Å². The van der Waals surface area contributed by atoms with Gasteiger partial charge in [0.25, 0.3) is 0 Å². The van der Waals surface area contributed by atoms with Crippen LogP contribution in [0.5, 0.6) is 0 Å². The summed E-state index contributed by atoms with van der Waals surface area (Å²) >= 11 is 1.52. The Bertz CT molecular complexity index is 897. The first-order chi connectivity index (χ1) is 12.7. The Morgan fingerprint density at radius 2 is 2.15 bits per heavy atom. The Morgan fingerprint density at radius 3 is 2.96 bits per heavy atom. The minimum absolute atomic E-state index is 0.0153. The van der Waals surface area contributed by atoms with Crippen LogP contribution >= 0.6 is 11.3 Å². The second-order valence-corrected chi connectivity index (χ2v) is 6.51. The molecule has 2 aromatic heterocycles. The molecule has 0 radical (unpaired) electrons. The smallest absolute Gasteiger partial charge is 0.227 e. The van der Waals surface area contributed by atoms with Crippen molar-refractivity contribution < 1.29 is 9.53 Å². The van der Waals surface area contributed by atoms with Gasteiger partial charge in [0.2, 0.25) is 5.95 Å². The highest BCUT2D eigenvalue weighted by Crippen LogP contribution is 2.28. The molecule has 0 aliphatic heterocycles. The van der Waals surface area contributed by atoms with Crippen molar-refractivity contribution in [2.75, 3.05) is 30.9 Å². The number of ketones is 1. The molecule has 0 bridgehead atoms. The Hall–Kier alpha value is -2.84. The quantitative estimate of drug-likeness (QED) is 0.463. The molecule has 26 heavy (non-hydrogen) atoms. The average molecular weight is 369 g/mol. The summed E-state index contributed by atoms with van der Waals surface area (Å²) in [6.07, 6.45) is 3.47. The van der Waals surface area contributed by atoms with Gasteiger partial charge in [-0.3, -0.25) is 4.79 Å². The zero-order chi connectivity index (χ0) is 18.4. The van der Waals surface area contributed by atoms with Gasteiger partial charge in [-0.1, -0.05) is 23.5 Å². The van der Waals surface area contributed by atoms with E-state index in [4.69, 9.17) is 4.74 Å². The molecule has 0 saturated carbocycles. The van der Waals surface area contributed by atoms with Crippen LogP contribution in [0.2, 0.25) is 0 Å². The van der Waals surface area contributed by atoms with E-state index in [2.05, 4.69) is 25.6 Å². The summed E-state index contributed by atoms with van der Waals surface area (Å²) in [7, 11) is 1.66. The first kappa shape index (κ1) is 18.0. The number of nitrogens with zero attached hydrogens (tertiary/aromatic N) is 3. The maximum Gasteiger partial charge on any atom is 0.227 e. The van der Waals surface area contributed by atoms with Gasteiger partial charge in [0.1, 0.15) is 0 Å². The van der Waals surface area contributed by atoms with Crippen LogP contribution in [0.25, 0.3) is 10.6 Å². The van der Waals surface area contributed by atoms with Gasteiger partial charge in [-0.25, -0.2) is 15.0 Å². The van der Waals surface area contributed by atoms with E-state index in [-0.39, 0.29) is 5.78 Å². The fourth-order valence-electron chi connectivity index (χ4n) is 2.24. The van der Waals surface area contributed by atoms with E-state index in [0.717, 1.165) is 21.4 Å². The van der Waals surface area contributed by atoms with Gasteiger partial charge in [-0.15, -0.1) is 0 Å². The highest BCUT2D eigenvalue weighted by Gasteiger charge is 2.08. The average Bonchev–Trinajstić information content (AvgIpc) is 3.11. The van der Waals surface area contributed by atoms with Crippen molar-refractivity contribution in [1.29, 1.82) is 0 Å². The second-order valence-electron chi connectivity index (χ2n) is 5.48. The molecule has 0 atom stereocenters. The van der Waals surface area contributed by atoms with Crippen molar-refractivity contribution in [3.05, 3.63) is 48.3 Å². The summed E-state index contributed by atoms with van der Waals surface area (Å²) in [6.45, 7) is 2.86. The Labute approximate surface area is 155 Å². The number of benzene rings is 1. The number of hydrogen-bond acceptors (Lipinski definition) is 8. The van der Waals surface area contributed by atoms with Crippen LogP contribution < -0.4 is 10.6 Å². The molecular weight excluding hydrogens is 350 g/mol. The Morgan fingerprint density at radius 1 is 1.27 bits per heavy atom. The Kier molecular flexibility index (Phi) is 5.88. The van der Waals surface area contributed by atoms with Gasteiger partial charge in [0.15, 0.2) is 10.9 Å². The van der Waals surface area contributed by atoms with Gasteiger partial charge in [-0.05, 0) is 25.1 Å². The van der Waals surface area contributed by atoms with Crippen molar-refractivity contribution in [2.24, 2.45) is 0 Å². The zero-order valence-electron chi connectivity index (χ0n) is 14.5. The summed E-state index contributed by atoms with van der Waals surface area (Å²) in [5.41, 5.74) is 2.18. The third-order valence-electron chi connectivity index (χ3n) is 3.52. The number of rotatable bonds is 8. The number of aromatic nitrogens is 3. The molecule has 3 aromatic rings. The first-order valence-electron chi connectivity index (χ1n) is 8.06. The van der Waals surface area contributed by atoms with E-state index < -0.39 is 0 Å². The van der Waals surface area contributed by atoms with Crippen LogP contribution in [0, 0.1) is 0 Å². The number of anilines is 3. The first-order valence-corrected chi connectivity index (χ1v) is 8.87. The lowest BCUT2D eigenvalue weighted by Gasteiger charge is -2.06. The summed E-state index contributed by atoms with van der Waals surface area (Å²) < 4.78 is 5.01. The van der Waals surface area contributed by atoms with Gasteiger partial charge in [-0.2, -0.15) is 0 Å². The molecular formula is C18H19N5O2S. The molecule has 0 aliphatic rings. The van der Waals surface area contributed by atoms with Crippen LogP contribution in [-0.4, -0.2) is 41.0 Å². The van der Waals surface area contributed by atoms with Gasteiger partial charge >= 0.3 is 0 Å². The monoisotopic (exact) mass is 369 g/mol. The van der Waals surface area contributed by atoms with E-state index in [1.807, 2.05) is 18.2 Å². The van der Waals surface area contributed by atoms with Crippen molar-refractivity contribution in [3.63, 3.8) is 0 Å². The van der Waals surface area contributed by atoms with Crippen molar-refractivity contribution in [3.8, 4) is 10.6 Å². The number of ether oxygens (including phenoxy) is 1. The van der Waals surface area contributed by atoms with Crippen LogP contribution in [0.4, 0.5) is 16.8 Å². The molecule has 0 fully saturated rings. The maximum absolute atomic E-state index is 11.5.